The second kappa shape index (κ2) is 7.33. The van der Waals surface area contributed by atoms with Gasteiger partial charge in [0.1, 0.15) is 12.2 Å². The number of fused-ring (bicyclic) bond motifs is 5. The Bertz CT molecular complexity index is 676. The normalized spacial score (nSPS) is 50.2. The Morgan fingerprint density at radius 3 is 2.31 bits per heavy atom. The maximum Gasteiger partial charge on any atom is 0.310 e. The summed E-state index contributed by atoms with van der Waals surface area (Å²) in [7, 11) is 0. The third kappa shape index (κ3) is 3.27. The standard InChI is InChI=1S/C24H38O5/c1-13(19(26)12-21(28)29)16-4-5-17-22-18(7-9-24(16,17)3)23(2)8-6-15(25)10-14(23)11-20(22)27/h13-18,20,22,25,27H,4-12H2,1-3H3,(H,28,29)/t13-,14-,15+,16+,17-,18-,20+,22-,23-,24+/m0/s1. The molecule has 0 bridgehead atoms. The van der Waals surface area contributed by atoms with Crippen molar-refractivity contribution in [1.82, 2.24) is 0 Å². The highest BCUT2D eigenvalue weighted by Crippen LogP contribution is 2.68. The van der Waals surface area contributed by atoms with Crippen molar-refractivity contribution in [3.8, 4) is 0 Å². The molecule has 0 unspecified atom stereocenters. The van der Waals surface area contributed by atoms with Crippen LogP contribution in [0.25, 0.3) is 0 Å². The summed E-state index contributed by atoms with van der Waals surface area (Å²) in [5.41, 5.74) is 0.209. The van der Waals surface area contributed by atoms with E-state index in [-0.39, 0.29) is 53.0 Å². The summed E-state index contributed by atoms with van der Waals surface area (Å²) in [6.45, 7) is 6.63. The van der Waals surface area contributed by atoms with Crippen molar-refractivity contribution in [2.24, 2.45) is 46.3 Å². The number of aliphatic hydroxyl groups excluding tert-OH is 2. The van der Waals surface area contributed by atoms with E-state index < -0.39 is 5.97 Å². The number of aliphatic carboxylic acids is 1. The lowest BCUT2D eigenvalue weighted by molar-refractivity contribution is -0.174. The molecular weight excluding hydrogens is 368 g/mol. The van der Waals surface area contributed by atoms with E-state index in [1.807, 2.05) is 6.92 Å². The van der Waals surface area contributed by atoms with Gasteiger partial charge in [-0.05, 0) is 91.8 Å². The fourth-order valence-corrected chi connectivity index (χ4v) is 8.60. The summed E-state index contributed by atoms with van der Waals surface area (Å²) in [5, 5.41) is 30.5. The highest BCUT2D eigenvalue weighted by molar-refractivity contribution is 5.96. The van der Waals surface area contributed by atoms with Gasteiger partial charge in [-0.25, -0.2) is 0 Å². The first-order chi connectivity index (χ1) is 13.6. The third-order valence-corrected chi connectivity index (χ3v) is 10.2. The predicted molar refractivity (Wildman–Crippen MR) is 109 cm³/mol. The minimum Gasteiger partial charge on any atom is -0.481 e. The summed E-state index contributed by atoms with van der Waals surface area (Å²) in [6.07, 6.45) is 6.75. The zero-order valence-electron chi connectivity index (χ0n) is 18.1. The SMILES string of the molecule is C[C@H](C(=O)CC(=O)O)[C@H]1CC[C@H]2[C@@H]3[C@H](O)C[C@@H]4C[C@H](O)CC[C@]4(C)[C@H]3CC[C@]12C. The van der Waals surface area contributed by atoms with Gasteiger partial charge in [-0.1, -0.05) is 20.8 Å². The number of carbonyl (C=O) groups excluding carboxylic acids is 1. The number of rotatable bonds is 4. The average molecular weight is 407 g/mol. The zero-order chi connectivity index (χ0) is 21.1. The van der Waals surface area contributed by atoms with Gasteiger partial charge in [0, 0.05) is 5.92 Å². The first-order valence-electron chi connectivity index (χ1n) is 11.7. The number of carboxylic acid groups (broad SMARTS) is 1. The molecule has 4 aliphatic carbocycles. The molecule has 29 heavy (non-hydrogen) atoms. The Kier molecular flexibility index (Phi) is 5.39. The van der Waals surface area contributed by atoms with Gasteiger partial charge >= 0.3 is 5.97 Å². The van der Waals surface area contributed by atoms with Crippen LogP contribution in [0.3, 0.4) is 0 Å². The van der Waals surface area contributed by atoms with E-state index in [9.17, 15) is 19.8 Å². The Morgan fingerprint density at radius 2 is 1.62 bits per heavy atom. The zero-order valence-corrected chi connectivity index (χ0v) is 18.1. The largest absolute Gasteiger partial charge is 0.481 e. The molecule has 3 N–H and O–H groups in total. The molecule has 0 heterocycles. The Labute approximate surface area is 174 Å². The maximum absolute atomic E-state index is 12.5. The van der Waals surface area contributed by atoms with Crippen LogP contribution in [-0.4, -0.2) is 39.3 Å². The van der Waals surface area contributed by atoms with Gasteiger partial charge in [0.25, 0.3) is 0 Å². The Hall–Kier alpha value is -0.940. The van der Waals surface area contributed by atoms with Crippen LogP contribution in [0.2, 0.25) is 0 Å². The second-order valence-corrected chi connectivity index (χ2v) is 11.3. The van der Waals surface area contributed by atoms with E-state index >= 15 is 0 Å². The third-order valence-electron chi connectivity index (χ3n) is 10.2. The summed E-state index contributed by atoms with van der Waals surface area (Å²) in [5.74, 6) is 0.377. The van der Waals surface area contributed by atoms with Crippen LogP contribution >= 0.6 is 0 Å². The molecule has 5 nitrogen and oxygen atoms in total. The molecule has 0 spiro atoms. The molecule has 4 rings (SSSR count). The van der Waals surface area contributed by atoms with Crippen molar-refractivity contribution in [2.75, 3.05) is 0 Å². The monoisotopic (exact) mass is 406 g/mol. The average Bonchev–Trinajstić information content (AvgIpc) is 2.99. The molecule has 4 aliphatic rings. The minimum absolute atomic E-state index is 0.00705. The molecule has 10 atom stereocenters. The number of hydrogen-bond donors (Lipinski definition) is 3. The number of carboxylic acids is 1. The quantitative estimate of drug-likeness (QED) is 0.620. The molecule has 0 aromatic carbocycles. The van der Waals surface area contributed by atoms with E-state index in [2.05, 4.69) is 13.8 Å². The Balaban J connectivity index is 1.58. The lowest BCUT2D eigenvalue weighted by Gasteiger charge is -2.62. The van der Waals surface area contributed by atoms with Gasteiger partial charge < -0.3 is 15.3 Å². The van der Waals surface area contributed by atoms with Crippen molar-refractivity contribution in [1.29, 1.82) is 0 Å². The van der Waals surface area contributed by atoms with E-state index in [0.717, 1.165) is 51.4 Å². The van der Waals surface area contributed by atoms with Gasteiger partial charge in [-0.2, -0.15) is 0 Å². The maximum atomic E-state index is 12.5. The van der Waals surface area contributed by atoms with Crippen molar-refractivity contribution in [3.05, 3.63) is 0 Å². The van der Waals surface area contributed by atoms with Crippen molar-refractivity contribution in [2.45, 2.75) is 90.8 Å². The van der Waals surface area contributed by atoms with Gasteiger partial charge in [0.15, 0.2) is 0 Å². The van der Waals surface area contributed by atoms with Crippen molar-refractivity contribution >= 4 is 11.8 Å². The molecule has 0 amide bonds. The van der Waals surface area contributed by atoms with Gasteiger partial charge in [-0.15, -0.1) is 0 Å². The summed E-state index contributed by atoms with van der Waals surface area (Å²) in [6, 6.07) is 0. The lowest BCUT2D eigenvalue weighted by atomic mass is 9.43. The van der Waals surface area contributed by atoms with Crippen LogP contribution in [0.1, 0.15) is 78.6 Å². The second-order valence-electron chi connectivity index (χ2n) is 11.3. The topological polar surface area (TPSA) is 94.8 Å². The van der Waals surface area contributed by atoms with Crippen LogP contribution in [0.15, 0.2) is 0 Å². The van der Waals surface area contributed by atoms with Crippen LogP contribution in [0.4, 0.5) is 0 Å². The summed E-state index contributed by atoms with van der Waals surface area (Å²) >= 11 is 0. The smallest absolute Gasteiger partial charge is 0.310 e. The van der Waals surface area contributed by atoms with Crippen LogP contribution in [0.5, 0.6) is 0 Å². The highest BCUT2D eigenvalue weighted by Gasteiger charge is 2.63. The van der Waals surface area contributed by atoms with Gasteiger partial charge in [0.05, 0.1) is 12.2 Å². The molecule has 4 saturated carbocycles. The van der Waals surface area contributed by atoms with E-state index in [1.54, 1.807) is 0 Å². The molecule has 0 aromatic rings. The fourth-order valence-electron chi connectivity index (χ4n) is 8.60. The summed E-state index contributed by atoms with van der Waals surface area (Å²) in [4.78, 5) is 23.6. The van der Waals surface area contributed by atoms with E-state index in [1.165, 1.54) is 0 Å². The van der Waals surface area contributed by atoms with E-state index in [0.29, 0.717) is 17.8 Å². The molecule has 0 radical (unpaired) electrons. The van der Waals surface area contributed by atoms with Crippen molar-refractivity contribution < 1.29 is 24.9 Å². The number of hydrogen-bond acceptors (Lipinski definition) is 4. The molecule has 0 aromatic heterocycles. The summed E-state index contributed by atoms with van der Waals surface area (Å²) < 4.78 is 0. The first-order valence-corrected chi connectivity index (χ1v) is 11.7. The van der Waals surface area contributed by atoms with Gasteiger partial charge in [0.2, 0.25) is 0 Å². The molecule has 5 heteroatoms. The number of ketones is 1. The number of Topliss-reactive ketones (excluding diaryl/α,β-unsaturated/α-hetero) is 1. The predicted octanol–water partition coefficient (Wildman–Crippen LogP) is 3.66. The van der Waals surface area contributed by atoms with Crippen LogP contribution in [0, 0.1) is 46.3 Å². The molecule has 4 fully saturated rings. The molecule has 0 aliphatic heterocycles. The molecule has 164 valence electrons. The molecular formula is C24H38O5. The number of aliphatic hydroxyl groups is 2. The first kappa shape index (κ1) is 21.3. The number of carbonyl (C=O) groups is 2. The highest BCUT2D eigenvalue weighted by atomic mass is 16.4. The van der Waals surface area contributed by atoms with Crippen molar-refractivity contribution in [3.63, 3.8) is 0 Å². The minimum atomic E-state index is -1.04. The van der Waals surface area contributed by atoms with Crippen LogP contribution in [-0.2, 0) is 9.59 Å². The fraction of sp³-hybridized carbons (Fsp3) is 0.917. The lowest BCUT2D eigenvalue weighted by Crippen LogP contribution is -2.58. The molecule has 0 saturated heterocycles. The Morgan fingerprint density at radius 1 is 0.966 bits per heavy atom. The van der Waals surface area contributed by atoms with Crippen LogP contribution < -0.4 is 0 Å². The van der Waals surface area contributed by atoms with E-state index in [4.69, 9.17) is 5.11 Å². The van der Waals surface area contributed by atoms with Gasteiger partial charge in [-0.3, -0.25) is 9.59 Å².